The van der Waals surface area contributed by atoms with E-state index in [1.165, 1.54) is 24.3 Å². The molecule has 0 unspecified atom stereocenters. The third kappa shape index (κ3) is 3.24. The molecule has 23 heavy (non-hydrogen) atoms. The molecule has 3 N–H and O–H groups in total. The van der Waals surface area contributed by atoms with E-state index in [1.807, 2.05) is 18.3 Å². The van der Waals surface area contributed by atoms with E-state index in [1.54, 1.807) is 19.1 Å². The molecular formula is C18H17FN2O2. The Balaban J connectivity index is 1.72. The van der Waals surface area contributed by atoms with Gasteiger partial charge in [0.2, 0.25) is 0 Å². The molecule has 118 valence electrons. The third-order valence-electron chi connectivity index (χ3n) is 3.86. The van der Waals surface area contributed by atoms with Crippen molar-refractivity contribution in [3.8, 4) is 0 Å². The first-order chi connectivity index (χ1) is 11.0. The zero-order chi connectivity index (χ0) is 16.4. The lowest BCUT2D eigenvalue weighted by molar-refractivity contribution is 0.0852. The van der Waals surface area contributed by atoms with Crippen LogP contribution in [0.3, 0.4) is 0 Å². The Hall–Kier alpha value is -2.66. The first kappa shape index (κ1) is 15.2. The molecule has 0 spiro atoms. The fourth-order valence-electron chi connectivity index (χ4n) is 2.51. The minimum absolute atomic E-state index is 0.262. The summed E-state index contributed by atoms with van der Waals surface area (Å²) in [5.41, 5.74) is 2.04. The van der Waals surface area contributed by atoms with Crippen LogP contribution in [0, 0.1) is 5.82 Å². The lowest BCUT2D eigenvalue weighted by atomic mass is 10.0. The summed E-state index contributed by atoms with van der Waals surface area (Å²) in [5, 5.41) is 14.0. The van der Waals surface area contributed by atoms with Gasteiger partial charge in [0.25, 0.3) is 5.91 Å². The van der Waals surface area contributed by atoms with Gasteiger partial charge >= 0.3 is 0 Å². The quantitative estimate of drug-likeness (QED) is 0.693. The maximum atomic E-state index is 12.9. The minimum atomic E-state index is -0.907. The van der Waals surface area contributed by atoms with E-state index in [0.29, 0.717) is 11.1 Å². The number of H-pyrrole nitrogens is 1. The molecule has 4 nitrogen and oxygen atoms in total. The number of carbonyl (C=O) groups excluding carboxylic acids is 1. The highest BCUT2D eigenvalue weighted by Crippen LogP contribution is 2.18. The van der Waals surface area contributed by atoms with Gasteiger partial charge in [-0.2, -0.15) is 0 Å². The average Bonchev–Trinajstić information content (AvgIpc) is 3.02. The van der Waals surface area contributed by atoms with Crippen LogP contribution in [0.5, 0.6) is 0 Å². The summed E-state index contributed by atoms with van der Waals surface area (Å²) < 4.78 is 12.9. The molecule has 0 fully saturated rings. The molecule has 1 heterocycles. The van der Waals surface area contributed by atoms with Crippen molar-refractivity contribution in [3.63, 3.8) is 0 Å². The second kappa shape index (κ2) is 6.22. The smallest absolute Gasteiger partial charge is 0.251 e. The molecule has 3 rings (SSSR count). The normalized spacial score (nSPS) is 13.7. The molecule has 5 heteroatoms. The van der Waals surface area contributed by atoms with Crippen molar-refractivity contribution in [1.29, 1.82) is 0 Å². The fourth-order valence-corrected chi connectivity index (χ4v) is 2.51. The van der Waals surface area contributed by atoms with Gasteiger partial charge in [-0.05, 0) is 48.9 Å². The summed E-state index contributed by atoms with van der Waals surface area (Å²) in [7, 11) is 0. The fraction of sp³-hybridized carbons (Fsp3) is 0.167. The molecule has 0 bridgehead atoms. The van der Waals surface area contributed by atoms with Crippen LogP contribution in [0.25, 0.3) is 10.9 Å². The van der Waals surface area contributed by atoms with Crippen LogP contribution < -0.4 is 5.32 Å². The molecule has 0 aliphatic rings. The van der Waals surface area contributed by atoms with E-state index in [4.69, 9.17) is 0 Å². The zero-order valence-electron chi connectivity index (χ0n) is 12.6. The first-order valence-corrected chi connectivity index (χ1v) is 7.36. The maximum absolute atomic E-state index is 12.9. The molecular weight excluding hydrogens is 295 g/mol. The Morgan fingerprint density at radius 2 is 1.91 bits per heavy atom. The highest BCUT2D eigenvalue weighted by atomic mass is 19.1. The predicted octanol–water partition coefficient (Wildman–Crippen LogP) is 3.16. The first-order valence-electron chi connectivity index (χ1n) is 7.36. The van der Waals surface area contributed by atoms with Crippen LogP contribution in [-0.4, -0.2) is 22.0 Å². The van der Waals surface area contributed by atoms with Crippen molar-refractivity contribution in [1.82, 2.24) is 10.3 Å². The monoisotopic (exact) mass is 312 g/mol. The number of benzene rings is 2. The number of halogens is 1. The Morgan fingerprint density at radius 3 is 2.65 bits per heavy atom. The number of carbonyl (C=O) groups is 1. The van der Waals surface area contributed by atoms with Crippen LogP contribution in [-0.2, 0) is 0 Å². The number of hydrogen-bond acceptors (Lipinski definition) is 2. The molecule has 0 saturated carbocycles. The van der Waals surface area contributed by atoms with Crippen LogP contribution in [0.15, 0.2) is 54.7 Å². The summed E-state index contributed by atoms with van der Waals surface area (Å²) in [6.45, 7) is 1.71. The van der Waals surface area contributed by atoms with Crippen molar-refractivity contribution < 1.29 is 14.3 Å². The van der Waals surface area contributed by atoms with Crippen molar-refractivity contribution >= 4 is 16.8 Å². The van der Waals surface area contributed by atoms with Crippen molar-refractivity contribution in [2.45, 2.75) is 19.1 Å². The Labute approximate surface area is 133 Å². The van der Waals surface area contributed by atoms with E-state index in [-0.39, 0.29) is 11.7 Å². The van der Waals surface area contributed by atoms with Crippen molar-refractivity contribution in [2.75, 3.05) is 0 Å². The Kier molecular flexibility index (Phi) is 4.12. The Morgan fingerprint density at radius 1 is 1.17 bits per heavy atom. The SMILES string of the molecule is C[C@H](NC(=O)c1ccc2[nH]ccc2c1)[C@@H](O)c1ccc(F)cc1. The molecule has 1 amide bonds. The van der Waals surface area contributed by atoms with Gasteiger partial charge < -0.3 is 15.4 Å². The van der Waals surface area contributed by atoms with Gasteiger partial charge in [-0.1, -0.05) is 12.1 Å². The molecule has 3 aromatic rings. The summed E-state index contributed by atoms with van der Waals surface area (Å²) in [6.07, 6.45) is 0.906. The highest BCUT2D eigenvalue weighted by molar-refractivity contribution is 5.98. The van der Waals surface area contributed by atoms with Gasteiger partial charge in [0.15, 0.2) is 0 Å². The average molecular weight is 312 g/mol. The molecule has 2 atom stereocenters. The standard InChI is InChI=1S/C18H17FN2O2/c1-11(17(22)12-2-5-15(19)6-3-12)21-18(23)14-4-7-16-13(10-14)8-9-20-16/h2-11,17,20,22H,1H3,(H,21,23)/t11-,17+/m0/s1. The number of aliphatic hydroxyl groups excluding tert-OH is 1. The molecule has 0 saturated heterocycles. The minimum Gasteiger partial charge on any atom is -0.386 e. The van der Waals surface area contributed by atoms with Gasteiger partial charge in [0.05, 0.1) is 12.1 Å². The highest BCUT2D eigenvalue weighted by Gasteiger charge is 2.19. The summed E-state index contributed by atoms with van der Waals surface area (Å²) in [4.78, 5) is 15.4. The lowest BCUT2D eigenvalue weighted by Gasteiger charge is -2.20. The number of amides is 1. The van der Waals surface area contributed by atoms with Gasteiger partial charge in [0, 0.05) is 22.7 Å². The second-order valence-electron chi connectivity index (χ2n) is 5.54. The lowest BCUT2D eigenvalue weighted by Crippen LogP contribution is -2.37. The number of rotatable bonds is 4. The molecule has 0 aliphatic carbocycles. The van der Waals surface area contributed by atoms with Crippen LogP contribution in [0.2, 0.25) is 0 Å². The Bertz CT molecular complexity index is 826. The third-order valence-corrected chi connectivity index (χ3v) is 3.86. The van der Waals surface area contributed by atoms with Gasteiger partial charge in [-0.3, -0.25) is 4.79 Å². The van der Waals surface area contributed by atoms with Gasteiger partial charge in [-0.25, -0.2) is 4.39 Å². The van der Waals surface area contributed by atoms with E-state index in [2.05, 4.69) is 10.3 Å². The van der Waals surface area contributed by atoms with Crippen LogP contribution >= 0.6 is 0 Å². The number of hydrogen-bond donors (Lipinski definition) is 3. The van der Waals surface area contributed by atoms with E-state index in [9.17, 15) is 14.3 Å². The second-order valence-corrected chi connectivity index (χ2v) is 5.54. The van der Waals surface area contributed by atoms with E-state index >= 15 is 0 Å². The summed E-state index contributed by atoms with van der Waals surface area (Å²) in [6, 6.07) is 12.3. The zero-order valence-corrected chi connectivity index (χ0v) is 12.6. The predicted molar refractivity (Wildman–Crippen MR) is 86.6 cm³/mol. The van der Waals surface area contributed by atoms with E-state index in [0.717, 1.165) is 10.9 Å². The van der Waals surface area contributed by atoms with Crippen molar-refractivity contribution in [2.24, 2.45) is 0 Å². The maximum Gasteiger partial charge on any atom is 0.251 e. The molecule has 2 aromatic carbocycles. The van der Waals surface area contributed by atoms with E-state index < -0.39 is 12.1 Å². The largest absolute Gasteiger partial charge is 0.386 e. The number of nitrogens with one attached hydrogen (secondary N) is 2. The van der Waals surface area contributed by atoms with Crippen LogP contribution in [0.1, 0.15) is 28.9 Å². The summed E-state index contributed by atoms with van der Waals surface area (Å²) >= 11 is 0. The number of aromatic amines is 1. The van der Waals surface area contributed by atoms with Gasteiger partial charge in [-0.15, -0.1) is 0 Å². The van der Waals surface area contributed by atoms with Crippen molar-refractivity contribution in [3.05, 3.63) is 71.7 Å². The van der Waals surface area contributed by atoms with Gasteiger partial charge in [0.1, 0.15) is 5.82 Å². The number of fused-ring (bicyclic) bond motifs is 1. The number of aromatic nitrogens is 1. The number of aliphatic hydroxyl groups is 1. The topological polar surface area (TPSA) is 65.1 Å². The summed E-state index contributed by atoms with van der Waals surface area (Å²) in [5.74, 6) is -0.626. The van der Waals surface area contributed by atoms with Crippen LogP contribution in [0.4, 0.5) is 4.39 Å². The molecule has 1 aromatic heterocycles. The molecule has 0 aliphatic heterocycles. The molecule has 0 radical (unpaired) electrons.